The number of aromatic nitrogens is 2. The normalized spacial score (nSPS) is 11.3. The Morgan fingerprint density at radius 3 is 2.25 bits per heavy atom. The fourth-order valence-corrected chi connectivity index (χ4v) is 3.66. The quantitative estimate of drug-likeness (QED) is 0.304. The number of aryl methyl sites for hydroxylation is 2. The Morgan fingerprint density at radius 1 is 0.844 bits per heavy atom. The molecular formula is C25H20ClF3N2O. The van der Waals surface area contributed by atoms with Gasteiger partial charge in [-0.15, -0.1) is 0 Å². The molecule has 0 atom stereocenters. The van der Waals surface area contributed by atoms with Crippen molar-refractivity contribution < 1.29 is 17.9 Å². The number of hydrogen-bond acceptors (Lipinski definition) is 3. The predicted octanol–water partition coefficient (Wildman–Crippen LogP) is 6.34. The van der Waals surface area contributed by atoms with E-state index in [-0.39, 0.29) is 12.2 Å². The van der Waals surface area contributed by atoms with Gasteiger partial charge >= 0.3 is 0 Å². The summed E-state index contributed by atoms with van der Waals surface area (Å²) in [5, 5.41) is 0.658. The van der Waals surface area contributed by atoms with Crippen LogP contribution in [0, 0.1) is 17.5 Å². The van der Waals surface area contributed by atoms with E-state index in [0.717, 1.165) is 22.9 Å². The summed E-state index contributed by atoms with van der Waals surface area (Å²) in [4.78, 5) is 8.80. The van der Waals surface area contributed by atoms with Crippen molar-refractivity contribution in [3.63, 3.8) is 0 Å². The van der Waals surface area contributed by atoms with Crippen molar-refractivity contribution in [2.45, 2.75) is 19.3 Å². The molecule has 3 nitrogen and oxygen atoms in total. The lowest BCUT2D eigenvalue weighted by Gasteiger charge is -2.09. The van der Waals surface area contributed by atoms with E-state index in [9.17, 15) is 8.78 Å². The maximum absolute atomic E-state index is 15.1. The van der Waals surface area contributed by atoms with Crippen molar-refractivity contribution in [1.29, 1.82) is 0 Å². The van der Waals surface area contributed by atoms with Gasteiger partial charge in [0.2, 0.25) is 0 Å². The van der Waals surface area contributed by atoms with Crippen LogP contribution >= 0.6 is 11.6 Å². The van der Waals surface area contributed by atoms with E-state index in [2.05, 4.69) is 9.97 Å². The zero-order chi connectivity index (χ0) is 22.7. The van der Waals surface area contributed by atoms with Gasteiger partial charge in [-0.2, -0.15) is 0 Å². The minimum Gasteiger partial charge on any atom is -0.384 e. The number of nitrogens with zero attached hydrogens (tertiary/aromatic N) is 2. The molecule has 7 heteroatoms. The molecule has 1 aromatic heterocycles. The van der Waals surface area contributed by atoms with Gasteiger partial charge < -0.3 is 4.74 Å². The van der Waals surface area contributed by atoms with Gasteiger partial charge in [0, 0.05) is 30.5 Å². The van der Waals surface area contributed by atoms with Crippen LogP contribution < -0.4 is 0 Å². The Bertz CT molecular complexity index is 1240. The molecule has 0 aliphatic heterocycles. The SMILES string of the molecule is COCCc1cnc(-c2ccc3c(F)c(CCc4cc(F)c(Cl)c(F)c4)ccc3c2)nc1. The van der Waals surface area contributed by atoms with E-state index in [0.29, 0.717) is 35.4 Å². The van der Waals surface area contributed by atoms with Gasteiger partial charge in [0.15, 0.2) is 5.82 Å². The first-order chi connectivity index (χ1) is 15.5. The van der Waals surface area contributed by atoms with Crippen molar-refractivity contribution in [1.82, 2.24) is 9.97 Å². The third-order valence-electron chi connectivity index (χ3n) is 5.32. The minimum absolute atomic E-state index is 0.286. The highest BCUT2D eigenvalue weighted by Gasteiger charge is 2.12. The van der Waals surface area contributed by atoms with Crippen molar-refractivity contribution in [3.8, 4) is 11.4 Å². The van der Waals surface area contributed by atoms with E-state index >= 15 is 4.39 Å². The lowest BCUT2D eigenvalue weighted by molar-refractivity contribution is 0.202. The summed E-state index contributed by atoms with van der Waals surface area (Å²) in [6, 6.07) is 11.2. The fraction of sp³-hybridized carbons (Fsp3) is 0.200. The van der Waals surface area contributed by atoms with Gasteiger partial charge in [-0.25, -0.2) is 23.1 Å². The molecule has 0 N–H and O–H groups in total. The number of fused-ring (bicyclic) bond motifs is 1. The molecule has 0 amide bonds. The average molecular weight is 457 g/mol. The first-order valence-corrected chi connectivity index (χ1v) is 10.5. The summed E-state index contributed by atoms with van der Waals surface area (Å²) in [6.07, 6.45) is 4.85. The topological polar surface area (TPSA) is 35.0 Å². The van der Waals surface area contributed by atoms with Crippen molar-refractivity contribution in [2.24, 2.45) is 0 Å². The molecule has 4 aromatic rings. The van der Waals surface area contributed by atoms with Crippen LogP contribution in [-0.4, -0.2) is 23.7 Å². The van der Waals surface area contributed by atoms with Gasteiger partial charge in [0.05, 0.1) is 6.61 Å². The molecule has 0 fully saturated rings. The van der Waals surface area contributed by atoms with Crippen molar-refractivity contribution >= 4 is 22.4 Å². The molecule has 0 radical (unpaired) electrons. The van der Waals surface area contributed by atoms with E-state index in [1.54, 1.807) is 37.7 Å². The van der Waals surface area contributed by atoms with Crippen LogP contribution in [0.1, 0.15) is 16.7 Å². The molecule has 1 heterocycles. The highest BCUT2D eigenvalue weighted by molar-refractivity contribution is 6.30. The second-order valence-electron chi connectivity index (χ2n) is 7.51. The lowest BCUT2D eigenvalue weighted by atomic mass is 9.99. The second kappa shape index (κ2) is 9.67. The Balaban J connectivity index is 1.54. The zero-order valence-corrected chi connectivity index (χ0v) is 18.1. The van der Waals surface area contributed by atoms with Crippen LogP contribution in [0.15, 0.2) is 54.9 Å². The molecule has 4 rings (SSSR count). The Morgan fingerprint density at radius 2 is 1.56 bits per heavy atom. The molecular weight excluding hydrogens is 437 g/mol. The summed E-state index contributed by atoms with van der Waals surface area (Å²) in [7, 11) is 1.64. The number of rotatable bonds is 7. The molecule has 0 aliphatic carbocycles. The van der Waals surface area contributed by atoms with Crippen molar-refractivity contribution in [2.75, 3.05) is 13.7 Å². The van der Waals surface area contributed by atoms with Crippen LogP contribution in [0.25, 0.3) is 22.2 Å². The number of methoxy groups -OCH3 is 1. The van der Waals surface area contributed by atoms with E-state index < -0.39 is 16.7 Å². The highest BCUT2D eigenvalue weighted by atomic mass is 35.5. The monoisotopic (exact) mass is 456 g/mol. The number of halogens is 4. The van der Waals surface area contributed by atoms with Crippen LogP contribution in [0.5, 0.6) is 0 Å². The van der Waals surface area contributed by atoms with E-state index in [1.165, 1.54) is 12.1 Å². The average Bonchev–Trinajstić information content (AvgIpc) is 2.81. The first-order valence-electron chi connectivity index (χ1n) is 10.1. The van der Waals surface area contributed by atoms with E-state index in [4.69, 9.17) is 16.3 Å². The largest absolute Gasteiger partial charge is 0.384 e. The highest BCUT2D eigenvalue weighted by Crippen LogP contribution is 2.27. The van der Waals surface area contributed by atoms with Gasteiger partial charge in [-0.1, -0.05) is 35.9 Å². The number of hydrogen-bond donors (Lipinski definition) is 0. The van der Waals surface area contributed by atoms with Crippen LogP contribution in [0.3, 0.4) is 0 Å². The van der Waals surface area contributed by atoms with Crippen LogP contribution in [0.4, 0.5) is 13.2 Å². The maximum atomic E-state index is 15.1. The second-order valence-corrected chi connectivity index (χ2v) is 7.88. The summed E-state index contributed by atoms with van der Waals surface area (Å²) >= 11 is 5.52. The summed E-state index contributed by atoms with van der Waals surface area (Å²) in [5.41, 5.74) is 2.66. The molecule has 32 heavy (non-hydrogen) atoms. The predicted molar refractivity (Wildman–Crippen MR) is 119 cm³/mol. The van der Waals surface area contributed by atoms with Crippen molar-refractivity contribution in [3.05, 3.63) is 94.0 Å². The van der Waals surface area contributed by atoms with Gasteiger partial charge in [0.25, 0.3) is 0 Å². The number of ether oxygens (including phenoxy) is 1. The summed E-state index contributed by atoms with van der Waals surface area (Å²) in [5.74, 6) is -1.42. The maximum Gasteiger partial charge on any atom is 0.159 e. The molecule has 0 saturated carbocycles. The van der Waals surface area contributed by atoms with Gasteiger partial charge in [-0.05, 0) is 59.5 Å². The minimum atomic E-state index is -0.817. The molecule has 0 spiro atoms. The van der Waals surface area contributed by atoms with Gasteiger partial charge in [0.1, 0.15) is 22.5 Å². The van der Waals surface area contributed by atoms with E-state index in [1.807, 2.05) is 12.1 Å². The Kier molecular flexibility index (Phi) is 6.72. The fourth-order valence-electron chi connectivity index (χ4n) is 3.55. The first kappa shape index (κ1) is 22.2. The zero-order valence-electron chi connectivity index (χ0n) is 17.3. The van der Waals surface area contributed by atoms with Crippen LogP contribution in [0.2, 0.25) is 5.02 Å². The third-order valence-corrected chi connectivity index (χ3v) is 5.68. The molecule has 3 aromatic carbocycles. The summed E-state index contributed by atoms with van der Waals surface area (Å²) < 4.78 is 47.4. The lowest BCUT2D eigenvalue weighted by Crippen LogP contribution is -1.99. The Labute approximate surface area is 188 Å². The standard InChI is InChI=1S/C25H20ClF3N2O/c1-32-9-8-16-13-30-25(31-14-16)19-6-7-20-18(12-19)5-4-17(24(20)29)3-2-15-10-21(27)23(26)22(28)11-15/h4-7,10-14H,2-3,8-9H2,1H3. The third kappa shape index (κ3) is 4.76. The Hall–Kier alpha value is -2.96. The number of benzene rings is 3. The molecule has 0 saturated heterocycles. The summed E-state index contributed by atoms with van der Waals surface area (Å²) in [6.45, 7) is 0.599. The molecule has 0 bridgehead atoms. The molecule has 0 aliphatic rings. The molecule has 164 valence electrons. The smallest absolute Gasteiger partial charge is 0.159 e. The molecule has 0 unspecified atom stereocenters. The van der Waals surface area contributed by atoms with Crippen LogP contribution in [-0.2, 0) is 24.0 Å². The van der Waals surface area contributed by atoms with Gasteiger partial charge in [-0.3, -0.25) is 0 Å².